The van der Waals surface area contributed by atoms with Crippen molar-refractivity contribution in [3.8, 4) is 0 Å². The Bertz CT molecular complexity index is 681. The number of carbonyl (C=O) groups excluding carboxylic acids is 1. The van der Waals surface area contributed by atoms with Crippen LogP contribution in [0.4, 0.5) is 10.5 Å². The minimum atomic E-state index is -0.282. The van der Waals surface area contributed by atoms with Gasteiger partial charge in [-0.3, -0.25) is 4.68 Å². The van der Waals surface area contributed by atoms with Gasteiger partial charge in [0.25, 0.3) is 0 Å². The first-order valence-electron chi connectivity index (χ1n) is 8.41. The first-order chi connectivity index (χ1) is 11.6. The minimum absolute atomic E-state index is 0.177. The predicted octanol–water partition coefficient (Wildman–Crippen LogP) is 2.52. The van der Waals surface area contributed by atoms with E-state index in [9.17, 15) is 9.90 Å². The van der Waals surface area contributed by atoms with Gasteiger partial charge in [0.2, 0.25) is 0 Å². The Kier molecular flexibility index (Phi) is 5.15. The number of benzene rings is 1. The van der Waals surface area contributed by atoms with Gasteiger partial charge in [-0.1, -0.05) is 18.6 Å². The van der Waals surface area contributed by atoms with Gasteiger partial charge in [0.1, 0.15) is 0 Å². The molecule has 0 spiro atoms. The van der Waals surface area contributed by atoms with Crippen molar-refractivity contribution in [1.29, 1.82) is 0 Å². The second kappa shape index (κ2) is 7.49. The summed E-state index contributed by atoms with van der Waals surface area (Å²) in [6.45, 7) is 3.24. The third kappa shape index (κ3) is 4.35. The van der Waals surface area contributed by atoms with Crippen LogP contribution in [0.15, 0.2) is 36.7 Å². The second-order valence-corrected chi connectivity index (χ2v) is 6.51. The van der Waals surface area contributed by atoms with Crippen molar-refractivity contribution in [1.82, 2.24) is 15.1 Å². The van der Waals surface area contributed by atoms with Gasteiger partial charge in [-0.25, -0.2) is 4.79 Å². The molecule has 128 valence electrons. The molecule has 1 aromatic heterocycles. The largest absolute Gasteiger partial charge is 0.393 e. The van der Waals surface area contributed by atoms with E-state index >= 15 is 0 Å². The highest BCUT2D eigenvalue weighted by Crippen LogP contribution is 2.24. The molecule has 1 aliphatic rings. The van der Waals surface area contributed by atoms with Crippen molar-refractivity contribution in [3.63, 3.8) is 0 Å². The fourth-order valence-corrected chi connectivity index (χ4v) is 3.09. The Balaban J connectivity index is 1.47. The zero-order chi connectivity index (χ0) is 16.9. The molecule has 24 heavy (non-hydrogen) atoms. The fraction of sp³-hybridized carbons (Fsp3) is 0.444. The van der Waals surface area contributed by atoms with Crippen LogP contribution in [-0.2, 0) is 6.54 Å². The van der Waals surface area contributed by atoms with E-state index in [4.69, 9.17) is 0 Å². The number of aromatic nitrogens is 2. The van der Waals surface area contributed by atoms with Crippen LogP contribution < -0.4 is 10.6 Å². The molecular formula is C18H24N4O2. The standard InChI is InChI=1S/C18H24N4O2/c1-13-9-20-22(11-13)12-14-5-7-16(8-6-14)21-18(24)19-10-15-3-2-4-17(15)23/h5-9,11,15,17,23H,2-4,10,12H2,1H3,(H2,19,21,24)/t15-,17+/m0/s1. The summed E-state index contributed by atoms with van der Waals surface area (Å²) in [6, 6.07) is 7.50. The topological polar surface area (TPSA) is 79.2 Å². The Morgan fingerprint density at radius 1 is 1.33 bits per heavy atom. The average Bonchev–Trinajstić information content (AvgIpc) is 3.15. The molecule has 6 nitrogen and oxygen atoms in total. The maximum Gasteiger partial charge on any atom is 0.319 e. The van der Waals surface area contributed by atoms with Gasteiger partial charge in [0, 0.05) is 24.3 Å². The van der Waals surface area contributed by atoms with Gasteiger partial charge < -0.3 is 15.7 Å². The van der Waals surface area contributed by atoms with Gasteiger partial charge in [-0.2, -0.15) is 5.10 Å². The molecule has 2 atom stereocenters. The number of anilines is 1. The highest BCUT2D eigenvalue weighted by Gasteiger charge is 2.25. The number of hydrogen-bond acceptors (Lipinski definition) is 3. The lowest BCUT2D eigenvalue weighted by atomic mass is 10.1. The van der Waals surface area contributed by atoms with Crippen LogP contribution in [0.3, 0.4) is 0 Å². The van der Waals surface area contributed by atoms with E-state index in [-0.39, 0.29) is 18.1 Å². The first kappa shape index (κ1) is 16.5. The zero-order valence-electron chi connectivity index (χ0n) is 13.9. The summed E-state index contributed by atoms with van der Waals surface area (Å²) in [6.07, 6.45) is 6.40. The molecular weight excluding hydrogens is 304 g/mol. The summed E-state index contributed by atoms with van der Waals surface area (Å²) in [5, 5.41) is 19.7. The van der Waals surface area contributed by atoms with Crippen molar-refractivity contribution < 1.29 is 9.90 Å². The van der Waals surface area contributed by atoms with E-state index in [2.05, 4.69) is 15.7 Å². The van der Waals surface area contributed by atoms with Crippen LogP contribution >= 0.6 is 0 Å². The van der Waals surface area contributed by atoms with Gasteiger partial charge in [0.15, 0.2) is 0 Å². The van der Waals surface area contributed by atoms with Crippen molar-refractivity contribution >= 4 is 11.7 Å². The van der Waals surface area contributed by atoms with E-state index in [1.165, 1.54) is 0 Å². The number of aliphatic hydroxyl groups is 1. The molecule has 0 radical (unpaired) electrons. The third-order valence-electron chi connectivity index (χ3n) is 4.46. The minimum Gasteiger partial charge on any atom is -0.393 e. The molecule has 3 N–H and O–H groups in total. The van der Waals surface area contributed by atoms with Crippen molar-refractivity contribution in [2.45, 2.75) is 38.8 Å². The molecule has 2 amide bonds. The normalized spacial score (nSPS) is 20.1. The lowest BCUT2D eigenvalue weighted by Gasteiger charge is -2.15. The van der Waals surface area contributed by atoms with Crippen LogP contribution in [0, 0.1) is 12.8 Å². The summed E-state index contributed by atoms with van der Waals surface area (Å²) in [5.74, 6) is 0.177. The van der Waals surface area contributed by atoms with Crippen LogP contribution in [-0.4, -0.2) is 33.6 Å². The first-order valence-corrected chi connectivity index (χ1v) is 8.41. The number of aryl methyl sites for hydroxylation is 1. The van der Waals surface area contributed by atoms with Crippen LogP contribution in [0.25, 0.3) is 0 Å². The Morgan fingerprint density at radius 2 is 2.12 bits per heavy atom. The summed E-state index contributed by atoms with van der Waals surface area (Å²) >= 11 is 0. The summed E-state index contributed by atoms with van der Waals surface area (Å²) < 4.78 is 1.89. The number of carbonyl (C=O) groups is 1. The van der Waals surface area contributed by atoms with E-state index in [1.54, 1.807) is 0 Å². The van der Waals surface area contributed by atoms with Crippen molar-refractivity contribution in [2.24, 2.45) is 5.92 Å². The number of aliphatic hydroxyl groups excluding tert-OH is 1. The third-order valence-corrected chi connectivity index (χ3v) is 4.46. The molecule has 3 rings (SSSR count). The zero-order valence-corrected chi connectivity index (χ0v) is 13.9. The van der Waals surface area contributed by atoms with Crippen LogP contribution in [0.2, 0.25) is 0 Å². The van der Waals surface area contributed by atoms with E-state index < -0.39 is 0 Å². The van der Waals surface area contributed by atoms with E-state index in [0.29, 0.717) is 13.1 Å². The Morgan fingerprint density at radius 3 is 2.75 bits per heavy atom. The molecule has 6 heteroatoms. The number of urea groups is 1. The fourth-order valence-electron chi connectivity index (χ4n) is 3.09. The lowest BCUT2D eigenvalue weighted by molar-refractivity contribution is 0.133. The van der Waals surface area contributed by atoms with Gasteiger partial charge >= 0.3 is 6.03 Å². The maximum atomic E-state index is 11.9. The summed E-state index contributed by atoms with van der Waals surface area (Å²) in [4.78, 5) is 11.9. The second-order valence-electron chi connectivity index (χ2n) is 6.51. The molecule has 1 fully saturated rings. The highest BCUT2D eigenvalue weighted by atomic mass is 16.3. The molecule has 1 aromatic carbocycles. The SMILES string of the molecule is Cc1cnn(Cc2ccc(NC(=O)NC[C@@H]3CCC[C@H]3O)cc2)c1. The number of rotatable bonds is 5. The average molecular weight is 328 g/mol. The monoisotopic (exact) mass is 328 g/mol. The number of nitrogens with one attached hydrogen (secondary N) is 2. The van der Waals surface area contributed by atoms with Crippen LogP contribution in [0.1, 0.15) is 30.4 Å². The molecule has 2 aromatic rings. The Labute approximate surface area is 141 Å². The van der Waals surface area contributed by atoms with Crippen LogP contribution in [0.5, 0.6) is 0 Å². The number of amides is 2. The summed E-state index contributed by atoms with van der Waals surface area (Å²) in [5.41, 5.74) is 3.01. The molecule has 1 aliphatic carbocycles. The quantitative estimate of drug-likeness (QED) is 0.789. The van der Waals surface area contributed by atoms with E-state index in [1.807, 2.05) is 48.3 Å². The Hall–Kier alpha value is -2.34. The summed E-state index contributed by atoms with van der Waals surface area (Å²) in [7, 11) is 0. The highest BCUT2D eigenvalue weighted by molar-refractivity contribution is 5.89. The molecule has 0 aliphatic heterocycles. The van der Waals surface area contributed by atoms with Gasteiger partial charge in [0.05, 0.1) is 18.8 Å². The maximum absolute atomic E-state index is 11.9. The van der Waals surface area contributed by atoms with Gasteiger partial charge in [-0.05, 0) is 43.0 Å². The molecule has 0 unspecified atom stereocenters. The lowest BCUT2D eigenvalue weighted by Crippen LogP contribution is -2.35. The van der Waals surface area contributed by atoms with Crippen molar-refractivity contribution in [3.05, 3.63) is 47.8 Å². The van der Waals surface area contributed by atoms with Crippen molar-refractivity contribution in [2.75, 3.05) is 11.9 Å². The predicted molar refractivity (Wildman–Crippen MR) is 92.9 cm³/mol. The van der Waals surface area contributed by atoms with E-state index in [0.717, 1.165) is 36.1 Å². The number of nitrogens with zero attached hydrogens (tertiary/aromatic N) is 2. The molecule has 1 saturated carbocycles. The molecule has 0 saturated heterocycles. The smallest absolute Gasteiger partial charge is 0.319 e. The molecule has 1 heterocycles. The number of hydrogen-bond donors (Lipinski definition) is 3. The van der Waals surface area contributed by atoms with Gasteiger partial charge in [-0.15, -0.1) is 0 Å². The molecule has 0 bridgehead atoms.